The Kier molecular flexibility index (Phi) is 11.2. The third-order valence-corrected chi connectivity index (χ3v) is 9.77. The van der Waals surface area contributed by atoms with Gasteiger partial charge in [0.1, 0.15) is 18.3 Å². The standard InChI is InChI=1S/C34H43N3O5S/c1-4-32(34(39)35-28-16-8-6-9-17-28)36(24-27-15-13-12-14-26(27)3)33(38)25-37(29-18-10-7-11-19-29)43(40,41)31-22-20-30(21-23-31)42-5-2/h7,10-15,18-23,28,32H,4-6,8-9,16-17,24-25H2,1-3H3,(H,35,39)/t32-/m1/s1. The highest BCUT2D eigenvalue weighted by Gasteiger charge is 2.34. The van der Waals surface area contributed by atoms with Gasteiger partial charge >= 0.3 is 0 Å². The second kappa shape index (κ2) is 15.0. The zero-order valence-electron chi connectivity index (χ0n) is 25.4. The molecular formula is C34H43N3O5S. The van der Waals surface area contributed by atoms with E-state index < -0.39 is 28.5 Å². The van der Waals surface area contributed by atoms with E-state index >= 15 is 0 Å². The molecule has 3 aromatic carbocycles. The fourth-order valence-corrected chi connectivity index (χ4v) is 6.97. The number of nitrogens with one attached hydrogen (secondary N) is 1. The molecule has 0 spiro atoms. The number of para-hydroxylation sites is 1. The van der Waals surface area contributed by atoms with Gasteiger partial charge in [-0.1, -0.05) is 68.7 Å². The summed E-state index contributed by atoms with van der Waals surface area (Å²) in [5, 5.41) is 3.19. The molecule has 1 atom stereocenters. The smallest absolute Gasteiger partial charge is 0.264 e. The van der Waals surface area contributed by atoms with E-state index in [1.807, 2.05) is 45.0 Å². The lowest BCUT2D eigenvalue weighted by molar-refractivity contribution is -0.140. The van der Waals surface area contributed by atoms with Crippen molar-refractivity contribution in [2.24, 2.45) is 0 Å². The maximum Gasteiger partial charge on any atom is 0.264 e. The molecule has 0 aliphatic heterocycles. The Morgan fingerprint density at radius 2 is 1.56 bits per heavy atom. The summed E-state index contributed by atoms with van der Waals surface area (Å²) in [6.45, 7) is 5.89. The van der Waals surface area contributed by atoms with Crippen molar-refractivity contribution in [3.05, 3.63) is 90.0 Å². The third kappa shape index (κ3) is 8.16. The summed E-state index contributed by atoms with van der Waals surface area (Å²) in [5.41, 5.74) is 2.26. The van der Waals surface area contributed by atoms with Crippen LogP contribution in [0.1, 0.15) is 63.5 Å². The molecule has 0 heterocycles. The lowest BCUT2D eigenvalue weighted by Gasteiger charge is -2.34. The highest BCUT2D eigenvalue weighted by molar-refractivity contribution is 7.92. The number of ether oxygens (including phenoxy) is 1. The van der Waals surface area contributed by atoms with Gasteiger partial charge in [0.05, 0.1) is 17.2 Å². The number of anilines is 1. The Morgan fingerprint density at radius 1 is 0.907 bits per heavy atom. The summed E-state index contributed by atoms with van der Waals surface area (Å²) in [6, 6.07) is 21.8. The topological polar surface area (TPSA) is 96.0 Å². The van der Waals surface area contributed by atoms with Crippen molar-refractivity contribution in [3.8, 4) is 5.75 Å². The molecule has 1 aliphatic rings. The normalized spacial score (nSPS) is 14.5. The molecule has 0 aromatic heterocycles. The van der Waals surface area contributed by atoms with Crippen molar-refractivity contribution in [1.82, 2.24) is 10.2 Å². The van der Waals surface area contributed by atoms with Crippen LogP contribution in [-0.4, -0.2) is 50.4 Å². The largest absolute Gasteiger partial charge is 0.494 e. The van der Waals surface area contributed by atoms with E-state index in [4.69, 9.17) is 4.74 Å². The lowest BCUT2D eigenvalue weighted by Crippen LogP contribution is -2.54. The SMILES string of the molecule is CCOc1ccc(S(=O)(=O)N(CC(=O)N(Cc2ccccc2C)[C@H](CC)C(=O)NC2CCCCC2)c2ccccc2)cc1. The van der Waals surface area contributed by atoms with E-state index in [2.05, 4.69) is 5.32 Å². The van der Waals surface area contributed by atoms with Crippen LogP contribution in [0.3, 0.4) is 0 Å². The Balaban J connectivity index is 1.68. The van der Waals surface area contributed by atoms with Crippen LogP contribution in [0.2, 0.25) is 0 Å². The molecule has 230 valence electrons. The van der Waals surface area contributed by atoms with Gasteiger partial charge in [-0.05, 0) is 80.6 Å². The Morgan fingerprint density at radius 3 is 2.19 bits per heavy atom. The summed E-state index contributed by atoms with van der Waals surface area (Å²) in [5.74, 6) is -0.0906. The summed E-state index contributed by atoms with van der Waals surface area (Å²) in [6.07, 6.45) is 5.56. The van der Waals surface area contributed by atoms with Gasteiger partial charge < -0.3 is 15.0 Å². The third-order valence-electron chi connectivity index (χ3n) is 7.99. The monoisotopic (exact) mass is 605 g/mol. The van der Waals surface area contributed by atoms with Gasteiger partial charge in [0.25, 0.3) is 10.0 Å². The fraction of sp³-hybridized carbons (Fsp3) is 0.412. The molecule has 1 N–H and O–H groups in total. The van der Waals surface area contributed by atoms with Crippen LogP contribution < -0.4 is 14.4 Å². The summed E-state index contributed by atoms with van der Waals surface area (Å²) in [7, 11) is -4.14. The first-order valence-electron chi connectivity index (χ1n) is 15.2. The number of carbonyl (C=O) groups excluding carboxylic acids is 2. The summed E-state index contributed by atoms with van der Waals surface area (Å²) < 4.78 is 34.7. The molecule has 0 saturated heterocycles. The number of hydrogen-bond acceptors (Lipinski definition) is 5. The van der Waals surface area contributed by atoms with Gasteiger partial charge in [-0.2, -0.15) is 0 Å². The van der Waals surface area contributed by atoms with Crippen LogP contribution in [-0.2, 0) is 26.2 Å². The maximum absolute atomic E-state index is 14.3. The molecule has 0 radical (unpaired) electrons. The lowest BCUT2D eigenvalue weighted by atomic mass is 9.95. The van der Waals surface area contributed by atoms with E-state index in [0.29, 0.717) is 24.5 Å². The first kappa shape index (κ1) is 32.1. The molecule has 8 nitrogen and oxygen atoms in total. The predicted octanol–water partition coefficient (Wildman–Crippen LogP) is 5.85. The molecule has 0 unspecified atom stereocenters. The van der Waals surface area contributed by atoms with E-state index in [1.54, 1.807) is 47.4 Å². The van der Waals surface area contributed by atoms with Crippen LogP contribution in [0.15, 0.2) is 83.8 Å². The molecule has 1 saturated carbocycles. The fourth-order valence-electron chi connectivity index (χ4n) is 5.56. The molecule has 3 aromatic rings. The quantitative estimate of drug-likeness (QED) is 0.264. The molecular weight excluding hydrogens is 562 g/mol. The second-order valence-electron chi connectivity index (χ2n) is 11.0. The number of benzene rings is 3. The highest BCUT2D eigenvalue weighted by Crippen LogP contribution is 2.26. The van der Waals surface area contributed by atoms with E-state index in [1.165, 1.54) is 18.6 Å². The number of rotatable bonds is 13. The maximum atomic E-state index is 14.3. The van der Waals surface area contributed by atoms with Gasteiger partial charge in [-0.3, -0.25) is 13.9 Å². The summed E-state index contributed by atoms with van der Waals surface area (Å²) >= 11 is 0. The number of aryl methyl sites for hydroxylation is 1. The van der Waals surface area contributed by atoms with Crippen molar-refractivity contribution in [2.75, 3.05) is 17.5 Å². The van der Waals surface area contributed by atoms with Crippen LogP contribution in [0.4, 0.5) is 5.69 Å². The van der Waals surface area contributed by atoms with Gasteiger partial charge in [0.15, 0.2) is 0 Å². The van der Waals surface area contributed by atoms with E-state index in [9.17, 15) is 18.0 Å². The van der Waals surface area contributed by atoms with Crippen LogP contribution in [0.5, 0.6) is 5.75 Å². The molecule has 1 aliphatic carbocycles. The Bertz CT molecular complexity index is 1450. The first-order chi connectivity index (χ1) is 20.7. The zero-order valence-corrected chi connectivity index (χ0v) is 26.2. The molecule has 4 rings (SSSR count). The zero-order chi connectivity index (χ0) is 30.8. The van der Waals surface area contributed by atoms with Gasteiger partial charge in [0, 0.05) is 12.6 Å². The predicted molar refractivity (Wildman–Crippen MR) is 169 cm³/mol. The van der Waals surface area contributed by atoms with Gasteiger partial charge in [-0.15, -0.1) is 0 Å². The van der Waals surface area contributed by atoms with Gasteiger partial charge in [-0.25, -0.2) is 8.42 Å². The minimum absolute atomic E-state index is 0.0418. The van der Waals surface area contributed by atoms with E-state index in [-0.39, 0.29) is 23.4 Å². The van der Waals surface area contributed by atoms with E-state index in [0.717, 1.165) is 41.1 Å². The van der Waals surface area contributed by atoms with Crippen LogP contribution in [0.25, 0.3) is 0 Å². The Labute approximate surface area is 256 Å². The average molecular weight is 606 g/mol. The minimum Gasteiger partial charge on any atom is -0.494 e. The highest BCUT2D eigenvalue weighted by atomic mass is 32.2. The molecule has 9 heteroatoms. The summed E-state index contributed by atoms with van der Waals surface area (Å²) in [4.78, 5) is 29.5. The molecule has 2 amide bonds. The average Bonchev–Trinajstić information content (AvgIpc) is 3.02. The molecule has 43 heavy (non-hydrogen) atoms. The molecule has 0 bridgehead atoms. The van der Waals surface area contributed by atoms with Crippen molar-refractivity contribution >= 4 is 27.5 Å². The first-order valence-corrected chi connectivity index (χ1v) is 16.6. The number of hydrogen-bond donors (Lipinski definition) is 1. The van der Waals surface area contributed by atoms with Crippen molar-refractivity contribution in [1.29, 1.82) is 0 Å². The number of carbonyl (C=O) groups is 2. The van der Waals surface area contributed by atoms with Crippen LogP contribution in [0, 0.1) is 6.92 Å². The molecule has 1 fully saturated rings. The van der Waals surface area contributed by atoms with Gasteiger partial charge in [0.2, 0.25) is 11.8 Å². The number of sulfonamides is 1. The number of amides is 2. The van der Waals surface area contributed by atoms with Crippen LogP contribution >= 0.6 is 0 Å². The van der Waals surface area contributed by atoms with Crippen molar-refractivity contribution < 1.29 is 22.7 Å². The van der Waals surface area contributed by atoms with Crippen molar-refractivity contribution in [3.63, 3.8) is 0 Å². The Hall–Kier alpha value is -3.85. The second-order valence-corrected chi connectivity index (χ2v) is 12.8. The minimum atomic E-state index is -4.14. The number of nitrogens with zero attached hydrogens (tertiary/aromatic N) is 2. The van der Waals surface area contributed by atoms with Crippen molar-refractivity contribution in [2.45, 2.75) is 82.8 Å².